The molecular weight excluding hydrogens is 423 g/mol. The minimum atomic E-state index is -4.75. The topological polar surface area (TPSA) is 75.7 Å². The summed E-state index contributed by atoms with van der Waals surface area (Å²) in [5, 5.41) is 1.94. The molecule has 1 atom stereocenters. The molecule has 12 heteroatoms. The first-order valence-corrected chi connectivity index (χ1v) is 10.1. The summed E-state index contributed by atoms with van der Waals surface area (Å²) >= 11 is 0. The van der Waals surface area contributed by atoms with E-state index in [1.807, 2.05) is 5.32 Å². The molecule has 0 saturated carbocycles. The van der Waals surface area contributed by atoms with E-state index in [0.717, 1.165) is 24.4 Å². The zero-order valence-electron chi connectivity index (χ0n) is 15.7. The van der Waals surface area contributed by atoms with Gasteiger partial charge in [-0.05, 0) is 38.0 Å². The van der Waals surface area contributed by atoms with Crippen molar-refractivity contribution >= 4 is 15.9 Å². The molecule has 0 bridgehead atoms. The fraction of sp³-hybridized carbons (Fsp3) is 0.588. The molecule has 1 aromatic rings. The van der Waals surface area contributed by atoms with Gasteiger partial charge in [-0.3, -0.25) is 4.79 Å². The van der Waals surface area contributed by atoms with Crippen LogP contribution in [0.2, 0.25) is 0 Å². The molecule has 1 N–H and O–H groups in total. The van der Waals surface area contributed by atoms with Gasteiger partial charge in [0.15, 0.2) is 5.54 Å². The zero-order chi connectivity index (χ0) is 22.0. The van der Waals surface area contributed by atoms with Gasteiger partial charge in [0, 0.05) is 26.1 Å². The zero-order valence-corrected chi connectivity index (χ0v) is 16.5. The smallest absolute Gasteiger partial charge is 0.382 e. The maximum absolute atomic E-state index is 13.8. The highest BCUT2D eigenvalue weighted by Crippen LogP contribution is 2.32. The van der Waals surface area contributed by atoms with Crippen molar-refractivity contribution in [3.05, 3.63) is 29.8 Å². The fourth-order valence-corrected chi connectivity index (χ4v) is 4.57. The van der Waals surface area contributed by atoms with Gasteiger partial charge in [0.25, 0.3) is 0 Å². The number of benzene rings is 1. The first-order chi connectivity index (χ1) is 13.3. The maximum atomic E-state index is 13.8. The van der Waals surface area contributed by atoms with Crippen LogP contribution in [0.15, 0.2) is 23.1 Å². The highest BCUT2D eigenvalue weighted by atomic mass is 32.2. The molecule has 1 unspecified atom stereocenters. The Bertz CT molecular complexity index is 854. The molecular formula is C17H21F5N2O4S. The highest BCUT2D eigenvalue weighted by Gasteiger charge is 2.53. The van der Waals surface area contributed by atoms with Crippen LogP contribution in [-0.4, -0.2) is 57.2 Å². The van der Waals surface area contributed by atoms with Crippen molar-refractivity contribution in [2.45, 2.75) is 36.4 Å². The average Bonchev–Trinajstić information content (AvgIpc) is 2.63. The van der Waals surface area contributed by atoms with Gasteiger partial charge >= 0.3 is 6.18 Å². The minimum Gasteiger partial charge on any atom is -0.382 e. The third kappa shape index (κ3) is 5.04. The molecule has 0 aliphatic carbocycles. The lowest BCUT2D eigenvalue weighted by atomic mass is 9.94. The van der Waals surface area contributed by atoms with Crippen molar-refractivity contribution in [1.29, 1.82) is 0 Å². The van der Waals surface area contributed by atoms with Crippen LogP contribution in [-0.2, 0) is 19.6 Å². The molecule has 1 aromatic carbocycles. The number of nitrogens with zero attached hydrogens (tertiary/aromatic N) is 1. The lowest BCUT2D eigenvalue weighted by molar-refractivity contribution is -0.205. The van der Waals surface area contributed by atoms with Gasteiger partial charge < -0.3 is 10.1 Å². The molecule has 0 aromatic heterocycles. The number of hydrogen-bond donors (Lipinski definition) is 1. The third-order valence-corrected chi connectivity index (χ3v) is 6.71. The number of hydrogen-bond acceptors (Lipinski definition) is 4. The number of alkyl halides is 3. The molecule has 164 valence electrons. The lowest BCUT2D eigenvalue weighted by Crippen LogP contribution is -2.61. The van der Waals surface area contributed by atoms with Crippen molar-refractivity contribution in [3.8, 4) is 0 Å². The summed E-state index contributed by atoms with van der Waals surface area (Å²) in [6, 6.07) is 2.03. The van der Waals surface area contributed by atoms with E-state index in [1.54, 1.807) is 0 Å². The lowest BCUT2D eigenvalue weighted by Gasteiger charge is -2.35. The van der Waals surface area contributed by atoms with Crippen molar-refractivity contribution in [3.63, 3.8) is 0 Å². The summed E-state index contributed by atoms with van der Waals surface area (Å²) in [5.41, 5.74) is -2.59. The number of nitrogens with one attached hydrogen (secondary N) is 1. The van der Waals surface area contributed by atoms with E-state index in [0.29, 0.717) is 12.1 Å². The Morgan fingerprint density at radius 2 is 1.83 bits per heavy atom. The molecule has 1 aliphatic rings. The summed E-state index contributed by atoms with van der Waals surface area (Å²) in [4.78, 5) is 11.5. The first kappa shape index (κ1) is 23.5. The average molecular weight is 444 g/mol. The number of carbonyl (C=O) groups is 1. The van der Waals surface area contributed by atoms with Crippen LogP contribution >= 0.6 is 0 Å². The van der Waals surface area contributed by atoms with E-state index in [2.05, 4.69) is 4.74 Å². The summed E-state index contributed by atoms with van der Waals surface area (Å²) in [6.45, 7) is -0.429. The van der Waals surface area contributed by atoms with Gasteiger partial charge in [-0.15, -0.1) is 0 Å². The van der Waals surface area contributed by atoms with Gasteiger partial charge in [-0.2, -0.15) is 17.5 Å². The Morgan fingerprint density at radius 3 is 2.34 bits per heavy atom. The number of amides is 1. The normalized spacial score (nSPS) is 19.0. The molecule has 1 aliphatic heterocycles. The third-order valence-electron chi connectivity index (χ3n) is 4.79. The molecule has 0 radical (unpaired) electrons. The molecule has 1 amide bonds. The van der Waals surface area contributed by atoms with Crippen LogP contribution < -0.4 is 5.32 Å². The highest BCUT2D eigenvalue weighted by molar-refractivity contribution is 7.89. The number of rotatable bonds is 6. The standard InChI is InChI=1S/C17H21F5N2O4S/c1-16(10-28-2,17(20,21)22)23-15(25)11-5-7-24(8-6-11)29(26,27)14-9-12(18)3-4-13(14)19/h3-4,9,11H,5-8,10H2,1-2H3,(H,23,25). The molecule has 2 rings (SSSR count). The predicted molar refractivity (Wildman–Crippen MR) is 92.3 cm³/mol. The first-order valence-electron chi connectivity index (χ1n) is 8.65. The van der Waals surface area contributed by atoms with E-state index in [4.69, 9.17) is 0 Å². The van der Waals surface area contributed by atoms with E-state index < -0.39 is 56.7 Å². The second-order valence-corrected chi connectivity index (χ2v) is 8.91. The van der Waals surface area contributed by atoms with Crippen molar-refractivity contribution < 1.29 is 39.9 Å². The SMILES string of the molecule is COCC(C)(NC(=O)C1CCN(S(=O)(=O)c2cc(F)ccc2F)CC1)C(F)(F)F. The van der Waals surface area contributed by atoms with Crippen LogP contribution in [0.5, 0.6) is 0 Å². The van der Waals surface area contributed by atoms with E-state index >= 15 is 0 Å². The van der Waals surface area contributed by atoms with E-state index in [1.165, 1.54) is 0 Å². The number of sulfonamides is 1. The Morgan fingerprint density at radius 1 is 1.24 bits per heavy atom. The Balaban J connectivity index is 2.08. The molecule has 1 heterocycles. The monoisotopic (exact) mass is 444 g/mol. The largest absolute Gasteiger partial charge is 0.413 e. The second kappa shape index (κ2) is 8.52. The number of halogens is 5. The molecule has 1 saturated heterocycles. The van der Waals surface area contributed by atoms with E-state index in [9.17, 15) is 35.2 Å². The Labute approximate surface area is 165 Å². The van der Waals surface area contributed by atoms with Gasteiger partial charge in [-0.25, -0.2) is 17.2 Å². The Hall–Kier alpha value is -1.79. The maximum Gasteiger partial charge on any atom is 0.413 e. The van der Waals surface area contributed by atoms with Crippen LogP contribution in [0.1, 0.15) is 19.8 Å². The van der Waals surface area contributed by atoms with Crippen molar-refractivity contribution in [2.75, 3.05) is 26.8 Å². The van der Waals surface area contributed by atoms with Crippen LogP contribution in [0.25, 0.3) is 0 Å². The van der Waals surface area contributed by atoms with Crippen LogP contribution in [0.4, 0.5) is 22.0 Å². The minimum absolute atomic E-state index is 0.0666. The quantitative estimate of drug-likeness (QED) is 0.684. The molecule has 29 heavy (non-hydrogen) atoms. The number of carbonyl (C=O) groups excluding carboxylic acids is 1. The van der Waals surface area contributed by atoms with Gasteiger partial charge in [0.1, 0.15) is 16.5 Å². The fourth-order valence-electron chi connectivity index (χ4n) is 3.02. The second-order valence-electron chi connectivity index (χ2n) is 7.01. The Kier molecular flexibility index (Phi) is 6.90. The van der Waals surface area contributed by atoms with Crippen molar-refractivity contribution in [2.24, 2.45) is 5.92 Å². The van der Waals surface area contributed by atoms with Gasteiger partial charge in [0.05, 0.1) is 6.61 Å². The summed E-state index contributed by atoms with van der Waals surface area (Å²) in [6.07, 6.45) is -4.89. The number of ether oxygens (including phenoxy) is 1. The van der Waals surface area contributed by atoms with Crippen LogP contribution in [0, 0.1) is 17.6 Å². The molecule has 6 nitrogen and oxygen atoms in total. The summed E-state index contributed by atoms with van der Waals surface area (Å²) in [7, 11) is -3.27. The molecule has 0 spiro atoms. The summed E-state index contributed by atoms with van der Waals surface area (Å²) < 4.78 is 97.4. The summed E-state index contributed by atoms with van der Waals surface area (Å²) in [5.74, 6) is -3.79. The predicted octanol–water partition coefficient (Wildman–Crippen LogP) is 2.45. The number of methoxy groups -OCH3 is 1. The number of piperidine rings is 1. The van der Waals surface area contributed by atoms with Crippen LogP contribution in [0.3, 0.4) is 0 Å². The van der Waals surface area contributed by atoms with Gasteiger partial charge in [-0.1, -0.05) is 0 Å². The molecule has 1 fully saturated rings. The van der Waals surface area contributed by atoms with Gasteiger partial charge in [0.2, 0.25) is 15.9 Å². The van der Waals surface area contributed by atoms with Crippen molar-refractivity contribution in [1.82, 2.24) is 9.62 Å². The van der Waals surface area contributed by atoms with E-state index in [-0.39, 0.29) is 25.9 Å².